The molecule has 0 aliphatic heterocycles. The number of hydrogen-bond donors (Lipinski definition) is 0. The molecule has 14 heavy (non-hydrogen) atoms. The molecule has 1 heterocycles. The molecule has 2 nitrogen and oxygen atoms in total. The second-order valence-corrected chi connectivity index (χ2v) is 4.10. The zero-order valence-electron chi connectivity index (χ0n) is 8.49. The van der Waals surface area contributed by atoms with Gasteiger partial charge in [0.1, 0.15) is 5.78 Å². The van der Waals surface area contributed by atoms with Crippen molar-refractivity contribution in [2.75, 3.05) is 13.2 Å². The molecule has 0 aromatic carbocycles. The highest BCUT2D eigenvalue weighted by Gasteiger charge is 2.02. The van der Waals surface area contributed by atoms with Gasteiger partial charge in [-0.25, -0.2) is 0 Å². The molecule has 0 fully saturated rings. The number of hydrogen-bond acceptors (Lipinski definition) is 3. The summed E-state index contributed by atoms with van der Waals surface area (Å²) in [6.07, 6.45) is 2.08. The third-order valence-corrected chi connectivity index (χ3v) is 2.90. The Morgan fingerprint density at radius 1 is 1.50 bits per heavy atom. The Morgan fingerprint density at radius 3 is 3.00 bits per heavy atom. The second kappa shape index (κ2) is 6.74. The van der Waals surface area contributed by atoms with Crippen molar-refractivity contribution >= 4 is 17.1 Å². The van der Waals surface area contributed by atoms with Crippen LogP contribution in [0.25, 0.3) is 0 Å². The average Bonchev–Trinajstić information content (AvgIpc) is 2.68. The maximum Gasteiger partial charge on any atom is 0.135 e. The normalized spacial score (nSPS) is 10.4. The molecule has 0 atom stereocenters. The number of rotatable bonds is 7. The quantitative estimate of drug-likeness (QED) is 0.649. The van der Waals surface area contributed by atoms with Gasteiger partial charge >= 0.3 is 0 Å². The first-order chi connectivity index (χ1) is 6.83. The molecule has 0 saturated heterocycles. The zero-order valence-corrected chi connectivity index (χ0v) is 9.31. The summed E-state index contributed by atoms with van der Waals surface area (Å²) in [5, 5.41) is 2.04. The maximum atomic E-state index is 11.3. The van der Waals surface area contributed by atoms with Crippen molar-refractivity contribution in [1.29, 1.82) is 0 Å². The number of ether oxygens (including phenoxy) is 1. The minimum absolute atomic E-state index is 0.298. The molecule has 0 bridgehead atoms. The molecule has 0 aliphatic carbocycles. The highest BCUT2D eigenvalue weighted by Crippen LogP contribution is 2.11. The summed E-state index contributed by atoms with van der Waals surface area (Å²) in [5.41, 5.74) is 0. The average molecular weight is 212 g/mol. The summed E-state index contributed by atoms with van der Waals surface area (Å²) in [4.78, 5) is 12.6. The Kier molecular flexibility index (Phi) is 5.49. The molecular weight excluding hydrogens is 196 g/mol. The van der Waals surface area contributed by atoms with Crippen molar-refractivity contribution in [2.24, 2.45) is 0 Å². The van der Waals surface area contributed by atoms with Gasteiger partial charge in [0.05, 0.1) is 6.61 Å². The minimum atomic E-state index is 0.298. The predicted molar refractivity (Wildman–Crippen MR) is 58.8 cm³/mol. The largest absolute Gasteiger partial charge is 0.381 e. The van der Waals surface area contributed by atoms with Gasteiger partial charge in [-0.2, -0.15) is 0 Å². The van der Waals surface area contributed by atoms with E-state index in [0.29, 0.717) is 31.8 Å². The van der Waals surface area contributed by atoms with E-state index in [1.165, 1.54) is 4.88 Å². The maximum absolute atomic E-state index is 11.3. The molecule has 1 rings (SSSR count). The van der Waals surface area contributed by atoms with Crippen LogP contribution in [-0.2, 0) is 16.0 Å². The second-order valence-electron chi connectivity index (χ2n) is 3.06. The van der Waals surface area contributed by atoms with Gasteiger partial charge in [0.15, 0.2) is 0 Å². The summed E-state index contributed by atoms with van der Waals surface area (Å²) in [5.74, 6) is 0.298. The summed E-state index contributed by atoms with van der Waals surface area (Å²) in [6.45, 7) is 3.20. The minimum Gasteiger partial charge on any atom is -0.381 e. The third kappa shape index (κ3) is 4.53. The van der Waals surface area contributed by atoms with Crippen molar-refractivity contribution in [3.63, 3.8) is 0 Å². The van der Waals surface area contributed by atoms with Crippen LogP contribution in [0.2, 0.25) is 0 Å². The van der Waals surface area contributed by atoms with Crippen molar-refractivity contribution in [1.82, 2.24) is 0 Å². The van der Waals surface area contributed by atoms with E-state index in [2.05, 4.69) is 6.07 Å². The molecule has 0 N–H and O–H groups in total. The van der Waals surface area contributed by atoms with Gasteiger partial charge < -0.3 is 4.74 Å². The van der Waals surface area contributed by atoms with Gasteiger partial charge in [0, 0.05) is 24.3 Å². The lowest BCUT2D eigenvalue weighted by Crippen LogP contribution is -2.04. The van der Waals surface area contributed by atoms with Gasteiger partial charge in [0.25, 0.3) is 0 Å². The van der Waals surface area contributed by atoms with Crippen molar-refractivity contribution in [3.8, 4) is 0 Å². The number of carbonyl (C=O) groups is 1. The molecule has 0 unspecified atom stereocenters. The standard InChI is InChI=1S/C11H16O2S/c1-2-13-8-7-10(12)5-6-11-4-3-9-14-11/h3-4,9H,2,5-8H2,1H3. The lowest BCUT2D eigenvalue weighted by molar-refractivity contribution is -0.120. The number of ketones is 1. The van der Waals surface area contributed by atoms with E-state index in [1.807, 2.05) is 18.4 Å². The Hall–Kier alpha value is -0.670. The van der Waals surface area contributed by atoms with Crippen LogP contribution in [0, 0.1) is 0 Å². The summed E-state index contributed by atoms with van der Waals surface area (Å²) < 4.78 is 5.12. The van der Waals surface area contributed by atoms with E-state index >= 15 is 0 Å². The van der Waals surface area contributed by atoms with E-state index in [4.69, 9.17) is 4.74 Å². The van der Waals surface area contributed by atoms with Crippen molar-refractivity contribution < 1.29 is 9.53 Å². The Labute approximate surface area is 88.9 Å². The molecule has 1 aromatic rings. The van der Waals surface area contributed by atoms with Gasteiger partial charge in [-0.3, -0.25) is 4.79 Å². The molecule has 0 saturated carbocycles. The first-order valence-electron chi connectivity index (χ1n) is 4.94. The van der Waals surface area contributed by atoms with E-state index in [0.717, 1.165) is 6.42 Å². The van der Waals surface area contributed by atoms with E-state index < -0.39 is 0 Å². The van der Waals surface area contributed by atoms with Crippen LogP contribution in [0.4, 0.5) is 0 Å². The Morgan fingerprint density at radius 2 is 2.36 bits per heavy atom. The van der Waals surface area contributed by atoms with Crippen LogP contribution in [0.15, 0.2) is 17.5 Å². The van der Waals surface area contributed by atoms with Gasteiger partial charge in [-0.15, -0.1) is 11.3 Å². The van der Waals surface area contributed by atoms with E-state index in [1.54, 1.807) is 11.3 Å². The number of carbonyl (C=O) groups excluding carboxylic acids is 1. The number of thiophene rings is 1. The van der Waals surface area contributed by atoms with Crippen LogP contribution >= 0.6 is 11.3 Å². The van der Waals surface area contributed by atoms with Crippen LogP contribution in [-0.4, -0.2) is 19.0 Å². The van der Waals surface area contributed by atoms with Gasteiger partial charge in [0.2, 0.25) is 0 Å². The lowest BCUT2D eigenvalue weighted by atomic mass is 10.1. The Balaban J connectivity index is 2.09. The first kappa shape index (κ1) is 11.4. The fourth-order valence-corrected chi connectivity index (χ4v) is 1.88. The molecule has 0 spiro atoms. The molecule has 1 aromatic heterocycles. The highest BCUT2D eigenvalue weighted by atomic mass is 32.1. The van der Waals surface area contributed by atoms with Crippen LogP contribution in [0.1, 0.15) is 24.6 Å². The smallest absolute Gasteiger partial charge is 0.135 e. The summed E-state index contributed by atoms with van der Waals surface area (Å²) in [7, 11) is 0. The summed E-state index contributed by atoms with van der Waals surface area (Å²) in [6, 6.07) is 4.09. The van der Waals surface area contributed by atoms with Crippen LogP contribution < -0.4 is 0 Å². The molecular formula is C11H16O2S. The summed E-state index contributed by atoms with van der Waals surface area (Å²) >= 11 is 1.71. The van der Waals surface area contributed by atoms with Gasteiger partial charge in [-0.1, -0.05) is 6.07 Å². The SMILES string of the molecule is CCOCCC(=O)CCc1cccs1. The topological polar surface area (TPSA) is 26.3 Å². The van der Waals surface area contributed by atoms with Gasteiger partial charge in [-0.05, 0) is 24.8 Å². The number of aryl methyl sites for hydroxylation is 1. The molecule has 0 aliphatic rings. The van der Waals surface area contributed by atoms with Crippen LogP contribution in [0.5, 0.6) is 0 Å². The molecule has 0 radical (unpaired) electrons. The molecule has 0 amide bonds. The first-order valence-corrected chi connectivity index (χ1v) is 5.82. The molecule has 3 heteroatoms. The lowest BCUT2D eigenvalue weighted by Gasteiger charge is -2.00. The predicted octanol–water partition coefficient (Wildman–Crippen LogP) is 2.68. The fraction of sp³-hybridized carbons (Fsp3) is 0.545. The van der Waals surface area contributed by atoms with E-state index in [9.17, 15) is 4.79 Å². The van der Waals surface area contributed by atoms with E-state index in [-0.39, 0.29) is 0 Å². The fourth-order valence-electron chi connectivity index (χ4n) is 1.17. The van der Waals surface area contributed by atoms with Crippen LogP contribution in [0.3, 0.4) is 0 Å². The number of Topliss-reactive ketones (excluding diaryl/α,β-unsaturated/α-hetero) is 1. The zero-order chi connectivity index (χ0) is 10.2. The third-order valence-electron chi connectivity index (χ3n) is 1.96. The monoisotopic (exact) mass is 212 g/mol. The Bertz CT molecular complexity index is 254. The van der Waals surface area contributed by atoms with Crippen molar-refractivity contribution in [3.05, 3.63) is 22.4 Å². The molecule has 78 valence electrons. The van der Waals surface area contributed by atoms with Crippen molar-refractivity contribution in [2.45, 2.75) is 26.2 Å². The highest BCUT2D eigenvalue weighted by molar-refractivity contribution is 7.09.